The fraction of sp³-hybridized carbons (Fsp3) is 0.846. The van der Waals surface area contributed by atoms with E-state index in [4.69, 9.17) is 0 Å². The molecule has 2 N–H and O–H groups in total. The molecule has 0 radical (unpaired) electrons. The Balaban J connectivity index is 1.82. The van der Waals surface area contributed by atoms with Crippen molar-refractivity contribution in [1.82, 2.24) is 10.6 Å². The Bertz CT molecular complexity index is 309. The van der Waals surface area contributed by atoms with E-state index in [1.807, 2.05) is 0 Å². The zero-order valence-corrected chi connectivity index (χ0v) is 10.3. The van der Waals surface area contributed by atoms with Crippen molar-refractivity contribution in [1.29, 1.82) is 5.26 Å². The van der Waals surface area contributed by atoms with E-state index in [0.717, 1.165) is 38.5 Å². The van der Waals surface area contributed by atoms with Crippen LogP contribution in [0.15, 0.2) is 0 Å². The van der Waals surface area contributed by atoms with E-state index in [1.165, 1.54) is 19.3 Å². The first kappa shape index (κ1) is 12.2. The smallest absolute Gasteiger partial charge is 0.316 e. The number of nitriles is 1. The first-order valence-electron chi connectivity index (χ1n) is 6.74. The lowest BCUT2D eigenvalue weighted by Crippen LogP contribution is -2.52. The van der Waals surface area contributed by atoms with Gasteiger partial charge in [0.15, 0.2) is 0 Å². The molecule has 0 unspecified atom stereocenters. The molecular weight excluding hydrogens is 214 g/mol. The molecule has 0 aliphatic heterocycles. The Morgan fingerprint density at radius 3 is 2.35 bits per heavy atom. The fourth-order valence-corrected chi connectivity index (χ4v) is 2.93. The molecule has 94 valence electrons. The molecule has 0 spiro atoms. The van der Waals surface area contributed by atoms with Gasteiger partial charge in [-0.15, -0.1) is 0 Å². The van der Waals surface area contributed by atoms with E-state index in [-0.39, 0.29) is 6.03 Å². The molecule has 4 heteroatoms. The van der Waals surface area contributed by atoms with Crippen LogP contribution in [0.25, 0.3) is 0 Å². The molecule has 0 aromatic heterocycles. The lowest BCUT2D eigenvalue weighted by Gasteiger charge is -2.27. The molecule has 17 heavy (non-hydrogen) atoms. The second-order valence-corrected chi connectivity index (χ2v) is 5.33. The van der Waals surface area contributed by atoms with E-state index in [1.54, 1.807) is 0 Å². The summed E-state index contributed by atoms with van der Waals surface area (Å²) in [4.78, 5) is 11.9. The van der Waals surface area contributed by atoms with Gasteiger partial charge in [0.05, 0.1) is 6.07 Å². The average Bonchev–Trinajstić information content (AvgIpc) is 2.79. The Hall–Kier alpha value is -1.24. The van der Waals surface area contributed by atoms with Crippen LogP contribution in [0.3, 0.4) is 0 Å². The first-order valence-corrected chi connectivity index (χ1v) is 6.74. The van der Waals surface area contributed by atoms with Crippen LogP contribution in [0.1, 0.15) is 57.8 Å². The van der Waals surface area contributed by atoms with Gasteiger partial charge in [-0.3, -0.25) is 0 Å². The molecule has 0 aromatic carbocycles. The highest BCUT2D eigenvalue weighted by Crippen LogP contribution is 2.28. The molecule has 0 aromatic rings. The Labute approximate surface area is 103 Å². The Morgan fingerprint density at radius 2 is 1.76 bits per heavy atom. The number of carbonyl (C=O) groups is 1. The van der Waals surface area contributed by atoms with E-state index in [0.29, 0.717) is 6.04 Å². The number of urea groups is 1. The van der Waals surface area contributed by atoms with E-state index < -0.39 is 5.54 Å². The summed E-state index contributed by atoms with van der Waals surface area (Å²) < 4.78 is 0. The largest absolute Gasteiger partial charge is 0.335 e. The van der Waals surface area contributed by atoms with Crippen molar-refractivity contribution in [3.63, 3.8) is 0 Å². The van der Waals surface area contributed by atoms with Crippen LogP contribution in [-0.2, 0) is 0 Å². The van der Waals surface area contributed by atoms with Crippen LogP contribution in [0.2, 0.25) is 0 Å². The summed E-state index contributed by atoms with van der Waals surface area (Å²) in [5.41, 5.74) is -0.598. The average molecular weight is 235 g/mol. The van der Waals surface area contributed by atoms with Crippen LogP contribution in [0.4, 0.5) is 4.79 Å². The molecule has 0 atom stereocenters. The molecule has 0 heterocycles. The maximum absolute atomic E-state index is 11.9. The van der Waals surface area contributed by atoms with Crippen molar-refractivity contribution >= 4 is 6.03 Å². The molecule has 2 fully saturated rings. The van der Waals surface area contributed by atoms with Gasteiger partial charge in [-0.1, -0.05) is 19.3 Å². The van der Waals surface area contributed by atoms with Gasteiger partial charge in [0, 0.05) is 6.04 Å². The molecule has 2 rings (SSSR count). The van der Waals surface area contributed by atoms with Crippen LogP contribution in [0, 0.1) is 11.3 Å². The van der Waals surface area contributed by atoms with Crippen molar-refractivity contribution in [2.45, 2.75) is 69.4 Å². The van der Waals surface area contributed by atoms with Crippen LogP contribution in [-0.4, -0.2) is 17.6 Å². The predicted octanol–water partition coefficient (Wildman–Crippen LogP) is 2.45. The maximum atomic E-state index is 11.9. The predicted molar refractivity (Wildman–Crippen MR) is 65.4 cm³/mol. The summed E-state index contributed by atoms with van der Waals surface area (Å²) >= 11 is 0. The van der Waals surface area contributed by atoms with Crippen molar-refractivity contribution in [2.75, 3.05) is 0 Å². The summed E-state index contributed by atoms with van der Waals surface area (Å²) in [5.74, 6) is 0. The summed E-state index contributed by atoms with van der Waals surface area (Å²) in [5, 5.41) is 15.1. The van der Waals surface area contributed by atoms with Gasteiger partial charge < -0.3 is 10.6 Å². The highest BCUT2D eigenvalue weighted by atomic mass is 16.2. The number of hydrogen-bond donors (Lipinski definition) is 2. The van der Waals surface area contributed by atoms with Crippen molar-refractivity contribution < 1.29 is 4.79 Å². The topological polar surface area (TPSA) is 64.9 Å². The van der Waals surface area contributed by atoms with Gasteiger partial charge >= 0.3 is 6.03 Å². The number of rotatable bonds is 2. The number of hydrogen-bond acceptors (Lipinski definition) is 2. The standard InChI is InChI=1S/C13H21N3O/c14-10-13(8-4-5-9-13)16-12(17)15-11-6-2-1-3-7-11/h11H,1-9H2,(H2,15,16,17). The zero-order valence-electron chi connectivity index (χ0n) is 10.3. The van der Waals surface area contributed by atoms with Crippen molar-refractivity contribution in [3.8, 4) is 6.07 Å². The van der Waals surface area contributed by atoms with E-state index in [2.05, 4.69) is 16.7 Å². The summed E-state index contributed by atoms with van der Waals surface area (Å²) in [6, 6.07) is 2.43. The van der Waals surface area contributed by atoms with Gasteiger partial charge in [-0.05, 0) is 38.5 Å². The fourth-order valence-electron chi connectivity index (χ4n) is 2.93. The summed E-state index contributed by atoms with van der Waals surface area (Å²) in [6.45, 7) is 0. The second-order valence-electron chi connectivity index (χ2n) is 5.33. The molecule has 2 aliphatic rings. The molecule has 2 saturated carbocycles. The SMILES string of the molecule is N#CC1(NC(=O)NC2CCCCC2)CCCC1. The minimum atomic E-state index is -0.598. The van der Waals surface area contributed by atoms with Crippen LogP contribution >= 0.6 is 0 Å². The zero-order chi connectivity index (χ0) is 12.1. The molecule has 4 nitrogen and oxygen atoms in total. The monoisotopic (exact) mass is 235 g/mol. The third-order valence-electron chi connectivity index (χ3n) is 3.96. The second kappa shape index (κ2) is 5.39. The molecule has 2 amide bonds. The van der Waals surface area contributed by atoms with E-state index >= 15 is 0 Å². The number of nitrogens with zero attached hydrogens (tertiary/aromatic N) is 1. The number of amides is 2. The summed E-state index contributed by atoms with van der Waals surface area (Å²) in [7, 11) is 0. The number of nitrogens with one attached hydrogen (secondary N) is 2. The van der Waals surface area contributed by atoms with Crippen molar-refractivity contribution in [2.24, 2.45) is 0 Å². The van der Waals surface area contributed by atoms with E-state index in [9.17, 15) is 10.1 Å². The normalized spacial score (nSPS) is 23.9. The third-order valence-corrected chi connectivity index (χ3v) is 3.96. The van der Waals surface area contributed by atoms with Gasteiger partial charge in [-0.2, -0.15) is 5.26 Å². The Morgan fingerprint density at radius 1 is 1.12 bits per heavy atom. The minimum absolute atomic E-state index is 0.152. The lowest BCUT2D eigenvalue weighted by molar-refractivity contribution is 0.224. The highest BCUT2D eigenvalue weighted by molar-refractivity contribution is 5.75. The Kier molecular flexibility index (Phi) is 3.88. The third kappa shape index (κ3) is 3.12. The summed E-state index contributed by atoms with van der Waals surface area (Å²) in [6.07, 6.45) is 9.50. The molecule has 0 saturated heterocycles. The maximum Gasteiger partial charge on any atom is 0.316 e. The molecule has 0 bridgehead atoms. The van der Waals surface area contributed by atoms with Gasteiger partial charge in [0.2, 0.25) is 0 Å². The minimum Gasteiger partial charge on any atom is -0.335 e. The van der Waals surface area contributed by atoms with Crippen LogP contribution < -0.4 is 10.6 Å². The lowest BCUT2D eigenvalue weighted by atomic mass is 9.95. The first-order chi connectivity index (χ1) is 8.24. The molecule has 2 aliphatic carbocycles. The molecular formula is C13H21N3O. The van der Waals surface area contributed by atoms with Gasteiger partial charge in [0.1, 0.15) is 5.54 Å². The highest BCUT2D eigenvalue weighted by Gasteiger charge is 2.35. The van der Waals surface area contributed by atoms with Crippen LogP contribution in [0.5, 0.6) is 0 Å². The van der Waals surface area contributed by atoms with Crippen molar-refractivity contribution in [3.05, 3.63) is 0 Å². The van der Waals surface area contributed by atoms with Gasteiger partial charge in [-0.25, -0.2) is 4.79 Å². The number of carbonyl (C=O) groups excluding carboxylic acids is 1. The van der Waals surface area contributed by atoms with Gasteiger partial charge in [0.25, 0.3) is 0 Å². The quantitative estimate of drug-likeness (QED) is 0.772.